The Bertz CT molecular complexity index is 464. The summed E-state index contributed by atoms with van der Waals surface area (Å²) < 4.78 is 0. The van der Waals surface area contributed by atoms with Crippen molar-refractivity contribution in [3.8, 4) is 0 Å². The monoisotopic (exact) mass is 216 g/mol. The molecule has 0 fully saturated rings. The van der Waals surface area contributed by atoms with E-state index in [1.165, 1.54) is 0 Å². The highest BCUT2D eigenvalue weighted by molar-refractivity contribution is 5.90. The fourth-order valence-electron chi connectivity index (χ4n) is 1.85. The smallest absolute Gasteiger partial charge is 0.0950 e. The van der Waals surface area contributed by atoms with Gasteiger partial charge in [-0.1, -0.05) is 18.2 Å². The van der Waals surface area contributed by atoms with Crippen molar-refractivity contribution in [2.24, 2.45) is 5.73 Å². The van der Waals surface area contributed by atoms with Crippen molar-refractivity contribution in [2.75, 3.05) is 24.5 Å². The minimum absolute atomic E-state index is 0.643. The summed E-state index contributed by atoms with van der Waals surface area (Å²) in [7, 11) is 0. The van der Waals surface area contributed by atoms with Gasteiger partial charge in [-0.15, -0.1) is 0 Å². The first-order valence-electron chi connectivity index (χ1n) is 5.52. The van der Waals surface area contributed by atoms with E-state index in [9.17, 15) is 0 Å². The molecule has 0 saturated heterocycles. The van der Waals surface area contributed by atoms with Gasteiger partial charge in [0.1, 0.15) is 0 Å². The number of hydrogen-bond donors (Lipinski definition) is 1. The predicted octanol–water partition coefficient (Wildman–Crippen LogP) is 1.41. The van der Waals surface area contributed by atoms with Gasteiger partial charge < -0.3 is 10.6 Å². The van der Waals surface area contributed by atoms with E-state index >= 15 is 0 Å². The minimum atomic E-state index is 0.643. The highest BCUT2D eigenvalue weighted by Gasteiger charge is 2.08. The van der Waals surface area contributed by atoms with Crippen molar-refractivity contribution in [3.63, 3.8) is 0 Å². The van der Waals surface area contributed by atoms with Crippen molar-refractivity contribution in [1.29, 1.82) is 0 Å². The normalized spacial score (nSPS) is 10.6. The average molecular weight is 216 g/mol. The molecule has 0 atom stereocenters. The first kappa shape index (κ1) is 10.8. The zero-order chi connectivity index (χ0) is 11.4. The molecule has 1 aromatic carbocycles. The highest BCUT2D eigenvalue weighted by Crippen LogP contribution is 2.23. The van der Waals surface area contributed by atoms with Crippen LogP contribution in [0.15, 0.2) is 30.5 Å². The maximum Gasteiger partial charge on any atom is 0.0950 e. The van der Waals surface area contributed by atoms with Gasteiger partial charge in [0.15, 0.2) is 0 Å². The second-order valence-corrected chi connectivity index (χ2v) is 3.62. The Morgan fingerprint density at radius 2 is 2.12 bits per heavy atom. The molecule has 2 N–H and O–H groups in total. The summed E-state index contributed by atoms with van der Waals surface area (Å²) in [6, 6.07) is 8.03. The number of aromatic nitrogens is 2. The second kappa shape index (κ2) is 4.90. The van der Waals surface area contributed by atoms with E-state index in [2.05, 4.69) is 28.1 Å². The summed E-state index contributed by atoms with van der Waals surface area (Å²) in [5, 5.41) is 9.27. The molecular weight excluding hydrogens is 200 g/mol. The van der Waals surface area contributed by atoms with Gasteiger partial charge in [-0.05, 0) is 13.0 Å². The van der Waals surface area contributed by atoms with E-state index in [4.69, 9.17) is 5.73 Å². The van der Waals surface area contributed by atoms with Crippen LogP contribution in [-0.2, 0) is 0 Å². The third-order valence-corrected chi connectivity index (χ3v) is 2.65. The molecule has 2 aromatic rings. The SMILES string of the molecule is CCN(CCN)c1cnnc2ccccc12. The van der Waals surface area contributed by atoms with Crippen LogP contribution in [0.4, 0.5) is 5.69 Å². The Labute approximate surface area is 95.1 Å². The molecule has 0 aliphatic heterocycles. The average Bonchev–Trinajstić information content (AvgIpc) is 2.35. The molecule has 4 nitrogen and oxygen atoms in total. The fourth-order valence-corrected chi connectivity index (χ4v) is 1.85. The van der Waals surface area contributed by atoms with E-state index in [0.717, 1.165) is 29.7 Å². The van der Waals surface area contributed by atoms with Crippen LogP contribution in [0.2, 0.25) is 0 Å². The topological polar surface area (TPSA) is 55.0 Å². The number of nitrogens with two attached hydrogens (primary N) is 1. The van der Waals surface area contributed by atoms with E-state index in [0.29, 0.717) is 6.54 Å². The van der Waals surface area contributed by atoms with Crippen LogP contribution >= 0.6 is 0 Å². The summed E-state index contributed by atoms with van der Waals surface area (Å²) in [4.78, 5) is 2.22. The van der Waals surface area contributed by atoms with Gasteiger partial charge in [-0.3, -0.25) is 0 Å². The molecule has 1 aromatic heterocycles. The van der Waals surface area contributed by atoms with Gasteiger partial charge in [0, 0.05) is 25.0 Å². The third kappa shape index (κ3) is 1.97. The van der Waals surface area contributed by atoms with Gasteiger partial charge in [-0.25, -0.2) is 0 Å². The van der Waals surface area contributed by atoms with Crippen LogP contribution in [0.25, 0.3) is 10.9 Å². The van der Waals surface area contributed by atoms with Crippen molar-refractivity contribution in [2.45, 2.75) is 6.92 Å². The van der Waals surface area contributed by atoms with Crippen molar-refractivity contribution in [3.05, 3.63) is 30.5 Å². The van der Waals surface area contributed by atoms with Gasteiger partial charge >= 0.3 is 0 Å². The number of nitrogens with zero attached hydrogens (tertiary/aromatic N) is 3. The van der Waals surface area contributed by atoms with Crippen LogP contribution in [0, 0.1) is 0 Å². The maximum atomic E-state index is 5.61. The van der Waals surface area contributed by atoms with Crippen LogP contribution in [-0.4, -0.2) is 29.8 Å². The zero-order valence-electron chi connectivity index (χ0n) is 9.43. The number of rotatable bonds is 4. The molecule has 0 spiro atoms. The lowest BCUT2D eigenvalue weighted by Crippen LogP contribution is -2.29. The lowest BCUT2D eigenvalue weighted by Gasteiger charge is -2.22. The Morgan fingerprint density at radius 1 is 1.31 bits per heavy atom. The summed E-state index contributed by atoms with van der Waals surface area (Å²) in [5.41, 5.74) is 7.64. The Hall–Kier alpha value is -1.68. The summed E-state index contributed by atoms with van der Waals surface area (Å²) in [5.74, 6) is 0. The molecule has 0 aliphatic carbocycles. The van der Waals surface area contributed by atoms with E-state index in [1.54, 1.807) is 0 Å². The molecule has 16 heavy (non-hydrogen) atoms. The molecule has 0 unspecified atom stereocenters. The van der Waals surface area contributed by atoms with E-state index in [-0.39, 0.29) is 0 Å². The largest absolute Gasteiger partial charge is 0.369 e. The standard InChI is InChI=1S/C12H16N4/c1-2-16(8-7-13)12-9-14-15-11-6-4-3-5-10(11)12/h3-6,9H,2,7-8,13H2,1H3. The van der Waals surface area contributed by atoms with Crippen LogP contribution in [0.1, 0.15) is 6.92 Å². The molecule has 0 bridgehead atoms. The van der Waals surface area contributed by atoms with Crippen molar-refractivity contribution < 1.29 is 0 Å². The third-order valence-electron chi connectivity index (χ3n) is 2.65. The molecule has 0 saturated carbocycles. The molecule has 0 aliphatic rings. The van der Waals surface area contributed by atoms with Gasteiger partial charge in [-0.2, -0.15) is 10.2 Å². The summed E-state index contributed by atoms with van der Waals surface area (Å²) >= 11 is 0. The van der Waals surface area contributed by atoms with Crippen molar-refractivity contribution in [1.82, 2.24) is 10.2 Å². The minimum Gasteiger partial charge on any atom is -0.369 e. The highest BCUT2D eigenvalue weighted by atomic mass is 15.2. The van der Waals surface area contributed by atoms with E-state index in [1.807, 2.05) is 24.4 Å². The zero-order valence-corrected chi connectivity index (χ0v) is 9.43. The Morgan fingerprint density at radius 3 is 2.88 bits per heavy atom. The Kier molecular flexibility index (Phi) is 3.31. The first-order chi connectivity index (χ1) is 7.86. The predicted molar refractivity (Wildman–Crippen MR) is 66.5 cm³/mol. The second-order valence-electron chi connectivity index (χ2n) is 3.62. The van der Waals surface area contributed by atoms with Gasteiger partial charge in [0.05, 0.1) is 17.4 Å². The molecule has 0 radical (unpaired) electrons. The van der Waals surface area contributed by atoms with E-state index < -0.39 is 0 Å². The molecule has 4 heteroatoms. The molecule has 2 rings (SSSR count). The van der Waals surface area contributed by atoms with Gasteiger partial charge in [0.2, 0.25) is 0 Å². The molecule has 0 amide bonds. The quantitative estimate of drug-likeness (QED) is 0.839. The number of anilines is 1. The summed E-state index contributed by atoms with van der Waals surface area (Å²) in [6.45, 7) is 4.52. The lowest BCUT2D eigenvalue weighted by atomic mass is 10.2. The number of hydrogen-bond acceptors (Lipinski definition) is 4. The summed E-state index contributed by atoms with van der Waals surface area (Å²) in [6.07, 6.45) is 1.81. The van der Waals surface area contributed by atoms with Crippen molar-refractivity contribution >= 4 is 16.6 Å². The fraction of sp³-hybridized carbons (Fsp3) is 0.333. The van der Waals surface area contributed by atoms with Crippen LogP contribution in [0.5, 0.6) is 0 Å². The first-order valence-corrected chi connectivity index (χ1v) is 5.52. The number of likely N-dealkylation sites (N-methyl/N-ethyl adjacent to an activating group) is 1. The van der Waals surface area contributed by atoms with Gasteiger partial charge in [0.25, 0.3) is 0 Å². The van der Waals surface area contributed by atoms with Crippen LogP contribution < -0.4 is 10.6 Å². The maximum absolute atomic E-state index is 5.61. The lowest BCUT2D eigenvalue weighted by molar-refractivity contribution is 0.815. The number of fused-ring (bicyclic) bond motifs is 1. The molecule has 84 valence electrons. The molecule has 1 heterocycles. The Balaban J connectivity index is 2.50. The number of benzene rings is 1. The van der Waals surface area contributed by atoms with Crippen LogP contribution in [0.3, 0.4) is 0 Å². The molecular formula is C12H16N4.